The molecule has 4 heteroatoms. The third kappa shape index (κ3) is 3.02. The molecule has 0 aliphatic heterocycles. The summed E-state index contributed by atoms with van der Waals surface area (Å²) in [5.41, 5.74) is -0.657. The van der Waals surface area contributed by atoms with Crippen LogP contribution in [0, 0.1) is 6.07 Å². The van der Waals surface area contributed by atoms with Crippen LogP contribution in [0.25, 0.3) is 0 Å². The number of alkyl halides is 3. The topological polar surface area (TPSA) is 0 Å². The zero-order valence-corrected chi connectivity index (χ0v) is 7.03. The van der Waals surface area contributed by atoms with Gasteiger partial charge in [0, 0.05) is 0 Å². The molecule has 0 saturated heterocycles. The van der Waals surface area contributed by atoms with Crippen molar-refractivity contribution < 1.29 is 32.6 Å². The molecule has 1 aromatic carbocycles. The SMILES string of the molecule is FC(F)(F)c1c[c-]ccc1.[Ru+]. The Bertz CT molecular complexity index is 205. The molecular weight excluding hydrogens is 242 g/mol. The van der Waals surface area contributed by atoms with E-state index >= 15 is 0 Å². The molecule has 0 bridgehead atoms. The maximum Gasteiger partial charge on any atom is 1.00 e. The molecule has 0 fully saturated rings. The summed E-state index contributed by atoms with van der Waals surface area (Å²) in [4.78, 5) is 0. The van der Waals surface area contributed by atoms with Gasteiger partial charge in [-0.1, -0.05) is 5.56 Å². The molecule has 0 unspecified atom stereocenters. The van der Waals surface area contributed by atoms with Crippen LogP contribution in [0.2, 0.25) is 0 Å². The second-order valence-electron chi connectivity index (χ2n) is 1.79. The maximum absolute atomic E-state index is 11.8. The van der Waals surface area contributed by atoms with Crippen molar-refractivity contribution in [2.75, 3.05) is 0 Å². The molecule has 0 N–H and O–H groups in total. The predicted molar refractivity (Wildman–Crippen MR) is 30.3 cm³/mol. The largest absolute Gasteiger partial charge is 1.00 e. The van der Waals surface area contributed by atoms with Crippen LogP contribution in [-0.4, -0.2) is 0 Å². The minimum Gasteiger partial charge on any atom is -0.183 e. The maximum atomic E-state index is 11.8. The van der Waals surface area contributed by atoms with E-state index in [1.54, 1.807) is 0 Å². The van der Waals surface area contributed by atoms with Crippen molar-refractivity contribution in [1.29, 1.82) is 0 Å². The smallest absolute Gasteiger partial charge is 0.183 e. The van der Waals surface area contributed by atoms with E-state index in [1.807, 2.05) is 0 Å². The molecule has 0 spiro atoms. The average Bonchev–Trinajstić information content (AvgIpc) is 1.88. The predicted octanol–water partition coefficient (Wildman–Crippen LogP) is 2.50. The Balaban J connectivity index is 0.000001000. The number of benzene rings is 1. The second kappa shape index (κ2) is 3.86. The van der Waals surface area contributed by atoms with Gasteiger partial charge >= 0.3 is 25.7 Å². The van der Waals surface area contributed by atoms with Crippen molar-refractivity contribution in [3.63, 3.8) is 0 Å². The summed E-state index contributed by atoms with van der Waals surface area (Å²) >= 11 is 0. The van der Waals surface area contributed by atoms with Gasteiger partial charge in [0.2, 0.25) is 0 Å². The van der Waals surface area contributed by atoms with E-state index in [0.29, 0.717) is 0 Å². The molecule has 0 saturated carbocycles. The first-order valence-electron chi connectivity index (χ1n) is 2.64. The first kappa shape index (κ1) is 10.6. The summed E-state index contributed by atoms with van der Waals surface area (Å²) < 4.78 is 35.3. The fourth-order valence-corrected chi connectivity index (χ4v) is 0.570. The molecule has 1 radical (unpaired) electrons. The number of hydrogen-bond donors (Lipinski definition) is 0. The molecule has 0 atom stereocenters. The van der Waals surface area contributed by atoms with Crippen LogP contribution in [0.1, 0.15) is 5.56 Å². The average molecular weight is 246 g/mol. The minimum absolute atomic E-state index is 0. The van der Waals surface area contributed by atoms with Gasteiger partial charge in [-0.25, -0.2) is 0 Å². The van der Waals surface area contributed by atoms with Gasteiger partial charge < -0.3 is 0 Å². The van der Waals surface area contributed by atoms with Gasteiger partial charge in [0.25, 0.3) is 0 Å². The van der Waals surface area contributed by atoms with Crippen LogP contribution >= 0.6 is 0 Å². The number of halogens is 3. The monoisotopic (exact) mass is 247 g/mol. The fourth-order valence-electron chi connectivity index (χ4n) is 0.570. The van der Waals surface area contributed by atoms with Crippen molar-refractivity contribution in [2.45, 2.75) is 6.18 Å². The second-order valence-corrected chi connectivity index (χ2v) is 1.79. The summed E-state index contributed by atoms with van der Waals surface area (Å²) in [6.45, 7) is 0. The fraction of sp³-hybridized carbons (Fsp3) is 0.143. The van der Waals surface area contributed by atoms with Gasteiger partial charge in [-0.3, -0.25) is 0 Å². The van der Waals surface area contributed by atoms with Crippen LogP contribution in [0.5, 0.6) is 0 Å². The molecule has 0 amide bonds. The number of rotatable bonds is 0. The third-order valence-corrected chi connectivity index (χ3v) is 1.03. The molecule has 0 nitrogen and oxygen atoms in total. The van der Waals surface area contributed by atoms with Gasteiger partial charge in [-0.15, -0.1) is 0 Å². The van der Waals surface area contributed by atoms with E-state index in [1.165, 1.54) is 12.1 Å². The quantitative estimate of drug-likeness (QED) is 0.487. The Morgan fingerprint density at radius 3 is 2.18 bits per heavy atom. The van der Waals surface area contributed by atoms with Crippen molar-refractivity contribution >= 4 is 0 Å². The third-order valence-electron chi connectivity index (χ3n) is 1.03. The molecular formula is C7H4F3Ru. The van der Waals surface area contributed by atoms with Crippen LogP contribution in [0.3, 0.4) is 0 Å². The zero-order valence-electron chi connectivity index (χ0n) is 5.30. The van der Waals surface area contributed by atoms with E-state index in [4.69, 9.17) is 0 Å². The molecule has 0 aromatic heterocycles. The van der Waals surface area contributed by atoms with Gasteiger partial charge in [-0.2, -0.15) is 43.5 Å². The molecule has 61 valence electrons. The first-order valence-corrected chi connectivity index (χ1v) is 2.64. The van der Waals surface area contributed by atoms with Crippen LogP contribution < -0.4 is 0 Å². The first-order chi connectivity index (χ1) is 4.61. The Morgan fingerprint density at radius 2 is 1.91 bits per heavy atom. The Hall–Kier alpha value is -0.367. The van der Waals surface area contributed by atoms with E-state index in [-0.39, 0.29) is 19.5 Å². The summed E-state index contributed by atoms with van der Waals surface area (Å²) in [5.74, 6) is 0. The Kier molecular flexibility index (Phi) is 3.73. The summed E-state index contributed by atoms with van der Waals surface area (Å²) in [5, 5.41) is 0. The van der Waals surface area contributed by atoms with E-state index < -0.39 is 11.7 Å². The molecule has 0 heterocycles. The van der Waals surface area contributed by atoms with E-state index in [0.717, 1.165) is 12.1 Å². The van der Waals surface area contributed by atoms with E-state index in [2.05, 4.69) is 6.07 Å². The number of hydrogen-bond acceptors (Lipinski definition) is 0. The molecule has 0 aliphatic rings. The van der Waals surface area contributed by atoms with Gasteiger partial charge in [-0.05, 0) is 0 Å². The zero-order chi connectivity index (χ0) is 7.61. The summed E-state index contributed by atoms with van der Waals surface area (Å²) in [6.07, 6.45) is -4.24. The Morgan fingerprint density at radius 1 is 1.27 bits per heavy atom. The molecule has 1 rings (SSSR count). The van der Waals surface area contributed by atoms with Gasteiger partial charge in [0.1, 0.15) is 0 Å². The van der Waals surface area contributed by atoms with Crippen LogP contribution in [0.15, 0.2) is 24.3 Å². The van der Waals surface area contributed by atoms with Gasteiger partial charge in [0.05, 0.1) is 0 Å². The Labute approximate surface area is 75.2 Å². The van der Waals surface area contributed by atoms with Crippen LogP contribution in [-0.2, 0) is 25.7 Å². The summed E-state index contributed by atoms with van der Waals surface area (Å²) in [6, 6.07) is 7.01. The van der Waals surface area contributed by atoms with Gasteiger partial charge in [0.15, 0.2) is 0 Å². The summed E-state index contributed by atoms with van der Waals surface area (Å²) in [7, 11) is 0. The minimum atomic E-state index is -4.24. The van der Waals surface area contributed by atoms with Crippen LogP contribution in [0.4, 0.5) is 13.2 Å². The molecule has 1 aromatic rings. The standard InChI is InChI=1S/C7H4F3.Ru/c8-7(9,10)6-4-2-1-3-5-6;/h1-2,4-5H;/q-1;+1. The normalized spacial score (nSPS) is 10.5. The van der Waals surface area contributed by atoms with Crippen molar-refractivity contribution in [2.24, 2.45) is 0 Å². The molecule has 11 heavy (non-hydrogen) atoms. The van der Waals surface area contributed by atoms with Crippen molar-refractivity contribution in [3.05, 3.63) is 35.9 Å². The van der Waals surface area contributed by atoms with Crippen molar-refractivity contribution in [3.8, 4) is 0 Å². The van der Waals surface area contributed by atoms with E-state index in [9.17, 15) is 13.2 Å². The van der Waals surface area contributed by atoms with Crippen molar-refractivity contribution in [1.82, 2.24) is 0 Å². The molecule has 0 aliphatic carbocycles.